The van der Waals surface area contributed by atoms with E-state index in [9.17, 15) is 9.11 Å². The number of allylic oxidation sites excluding steroid dienone is 1. The molecule has 0 bridgehead atoms. The second kappa shape index (κ2) is 4.84. The smallest absolute Gasteiger partial charge is 0.105 e. The molecule has 3 N–H and O–H groups in total. The minimum Gasteiger partial charge on any atom is -0.281 e. The van der Waals surface area contributed by atoms with E-state index in [1.165, 1.54) is 18.8 Å². The fourth-order valence-corrected chi connectivity index (χ4v) is 1.79. The molecule has 0 aromatic heterocycles. The standard InChI is InChI=1S/C6H13NO2S2/c1-4-5-10-6(2)11(8,9)7-3/h4-5,7-9H,2H2,1,3H3/b5-4-. The van der Waals surface area contributed by atoms with Crippen LogP contribution < -0.4 is 4.72 Å². The Bertz CT molecular complexity index is 168. The van der Waals surface area contributed by atoms with Crippen molar-refractivity contribution in [2.45, 2.75) is 6.92 Å². The van der Waals surface area contributed by atoms with Gasteiger partial charge in [-0.3, -0.25) is 9.11 Å². The van der Waals surface area contributed by atoms with Gasteiger partial charge in [-0.1, -0.05) is 24.4 Å². The van der Waals surface area contributed by atoms with Gasteiger partial charge >= 0.3 is 0 Å². The van der Waals surface area contributed by atoms with Crippen molar-refractivity contribution in [3.63, 3.8) is 0 Å². The third-order valence-electron chi connectivity index (χ3n) is 0.938. The van der Waals surface area contributed by atoms with Crippen LogP contribution in [-0.4, -0.2) is 16.2 Å². The highest BCUT2D eigenvalue weighted by Crippen LogP contribution is 2.47. The van der Waals surface area contributed by atoms with Gasteiger partial charge in [-0.2, -0.15) is 0 Å². The van der Waals surface area contributed by atoms with E-state index in [1.807, 2.05) is 6.92 Å². The normalized spacial score (nSPS) is 13.8. The van der Waals surface area contributed by atoms with Gasteiger partial charge in [0.25, 0.3) is 0 Å². The molecule has 0 aromatic rings. The molecular weight excluding hydrogens is 182 g/mol. The second-order valence-electron chi connectivity index (χ2n) is 1.71. The van der Waals surface area contributed by atoms with E-state index in [0.29, 0.717) is 4.24 Å². The molecule has 0 saturated heterocycles. The molecule has 0 aliphatic rings. The van der Waals surface area contributed by atoms with Crippen molar-refractivity contribution in [1.82, 2.24) is 4.72 Å². The predicted molar refractivity (Wildman–Crippen MR) is 53.5 cm³/mol. The largest absolute Gasteiger partial charge is 0.281 e. The highest BCUT2D eigenvalue weighted by atomic mass is 32.3. The summed E-state index contributed by atoms with van der Waals surface area (Å²) in [5.41, 5.74) is 0. The summed E-state index contributed by atoms with van der Waals surface area (Å²) in [6.07, 6.45) is 1.81. The van der Waals surface area contributed by atoms with Crippen LogP contribution >= 0.6 is 22.5 Å². The van der Waals surface area contributed by atoms with Crippen molar-refractivity contribution in [3.05, 3.63) is 22.3 Å². The van der Waals surface area contributed by atoms with Gasteiger partial charge in [-0.15, -0.1) is 10.8 Å². The summed E-state index contributed by atoms with van der Waals surface area (Å²) < 4.78 is 21.1. The van der Waals surface area contributed by atoms with Crippen molar-refractivity contribution >= 4 is 22.5 Å². The third kappa shape index (κ3) is 3.83. The van der Waals surface area contributed by atoms with Crippen molar-refractivity contribution in [3.8, 4) is 0 Å². The molecule has 0 spiro atoms. The second-order valence-corrected chi connectivity index (χ2v) is 4.97. The molecule has 0 atom stereocenters. The molecule has 66 valence electrons. The summed E-state index contributed by atoms with van der Waals surface area (Å²) in [6, 6.07) is 0. The van der Waals surface area contributed by atoms with Crippen LogP contribution in [-0.2, 0) is 0 Å². The molecular formula is C6H13NO2S2. The molecule has 0 fully saturated rings. The molecule has 0 heterocycles. The van der Waals surface area contributed by atoms with E-state index in [0.717, 1.165) is 0 Å². The first-order chi connectivity index (χ1) is 5.04. The van der Waals surface area contributed by atoms with E-state index in [2.05, 4.69) is 11.3 Å². The molecule has 0 amide bonds. The molecule has 0 aliphatic carbocycles. The van der Waals surface area contributed by atoms with Crippen LogP contribution in [0.2, 0.25) is 0 Å². The van der Waals surface area contributed by atoms with Gasteiger partial charge < -0.3 is 0 Å². The Balaban J connectivity index is 4.02. The SMILES string of the molecule is C=C(S/C=C\C)S(O)(O)NC. The maximum absolute atomic E-state index is 9.19. The highest BCUT2D eigenvalue weighted by molar-refractivity contribution is 8.36. The summed E-state index contributed by atoms with van der Waals surface area (Å²) in [7, 11) is -1.32. The number of thioether (sulfide) groups is 1. The highest BCUT2D eigenvalue weighted by Gasteiger charge is 2.12. The summed E-state index contributed by atoms with van der Waals surface area (Å²) >= 11 is 1.21. The van der Waals surface area contributed by atoms with Gasteiger partial charge in [0.05, 0.1) is 0 Å². The molecule has 5 heteroatoms. The van der Waals surface area contributed by atoms with E-state index in [1.54, 1.807) is 11.5 Å². The Labute approximate surface area is 73.1 Å². The molecule has 0 radical (unpaired) electrons. The zero-order chi connectivity index (χ0) is 8.91. The zero-order valence-corrected chi connectivity index (χ0v) is 8.21. The lowest BCUT2D eigenvalue weighted by atomic mass is 10.8. The Morgan fingerprint density at radius 2 is 2.18 bits per heavy atom. The summed E-state index contributed by atoms with van der Waals surface area (Å²) in [4.78, 5) is 0. The maximum atomic E-state index is 9.19. The molecule has 0 rings (SSSR count). The van der Waals surface area contributed by atoms with Crippen molar-refractivity contribution < 1.29 is 9.11 Å². The minimum absolute atomic E-state index is 0.332. The monoisotopic (exact) mass is 195 g/mol. The van der Waals surface area contributed by atoms with Gasteiger partial charge in [0.1, 0.15) is 4.24 Å². The topological polar surface area (TPSA) is 52.5 Å². The average molecular weight is 195 g/mol. The van der Waals surface area contributed by atoms with Gasteiger partial charge in [-0.05, 0) is 12.3 Å². The fraction of sp³-hybridized carbons (Fsp3) is 0.333. The van der Waals surface area contributed by atoms with Crippen LogP contribution in [0.15, 0.2) is 22.3 Å². The van der Waals surface area contributed by atoms with E-state index >= 15 is 0 Å². The van der Waals surface area contributed by atoms with Crippen LogP contribution in [0.4, 0.5) is 0 Å². The minimum atomic E-state index is -2.80. The first-order valence-corrected chi connectivity index (χ1v) is 5.40. The van der Waals surface area contributed by atoms with Crippen LogP contribution in [0.1, 0.15) is 6.92 Å². The number of hydrogen-bond donors (Lipinski definition) is 3. The maximum Gasteiger partial charge on any atom is 0.105 e. The van der Waals surface area contributed by atoms with Gasteiger partial charge in [-0.25, -0.2) is 4.72 Å². The molecule has 11 heavy (non-hydrogen) atoms. The molecule has 0 saturated carbocycles. The van der Waals surface area contributed by atoms with Crippen molar-refractivity contribution in [1.29, 1.82) is 0 Å². The lowest BCUT2D eigenvalue weighted by Crippen LogP contribution is -2.14. The van der Waals surface area contributed by atoms with Gasteiger partial charge in [0, 0.05) is 7.05 Å². The van der Waals surface area contributed by atoms with E-state index in [4.69, 9.17) is 0 Å². The van der Waals surface area contributed by atoms with Crippen LogP contribution in [0.5, 0.6) is 0 Å². The summed E-state index contributed by atoms with van der Waals surface area (Å²) in [5, 5.41) is 1.74. The third-order valence-corrected chi connectivity index (χ3v) is 3.80. The molecule has 3 nitrogen and oxygen atoms in total. The summed E-state index contributed by atoms with van der Waals surface area (Å²) in [5.74, 6) is 0. The Morgan fingerprint density at radius 3 is 2.55 bits per heavy atom. The molecule has 0 aliphatic heterocycles. The number of nitrogens with one attached hydrogen (secondary N) is 1. The van der Waals surface area contributed by atoms with Crippen LogP contribution in [0.25, 0.3) is 0 Å². The van der Waals surface area contributed by atoms with Crippen molar-refractivity contribution in [2.24, 2.45) is 0 Å². The zero-order valence-electron chi connectivity index (χ0n) is 6.57. The van der Waals surface area contributed by atoms with Crippen LogP contribution in [0, 0.1) is 0 Å². The summed E-state index contributed by atoms with van der Waals surface area (Å²) in [6.45, 7) is 5.37. The Morgan fingerprint density at radius 1 is 1.64 bits per heavy atom. The van der Waals surface area contributed by atoms with E-state index < -0.39 is 10.8 Å². The number of rotatable bonds is 4. The Hall–Kier alpha value is 0.0600. The van der Waals surface area contributed by atoms with Crippen molar-refractivity contribution in [2.75, 3.05) is 7.05 Å². The first-order valence-electron chi connectivity index (χ1n) is 2.98. The molecule has 0 unspecified atom stereocenters. The van der Waals surface area contributed by atoms with Gasteiger partial charge in [0.15, 0.2) is 0 Å². The number of hydrogen-bond acceptors (Lipinski definition) is 4. The first kappa shape index (κ1) is 11.1. The fourth-order valence-electron chi connectivity index (χ4n) is 0.325. The average Bonchev–Trinajstić information content (AvgIpc) is 2.00. The lowest BCUT2D eigenvalue weighted by Gasteiger charge is -2.31. The van der Waals surface area contributed by atoms with E-state index in [-0.39, 0.29) is 0 Å². The van der Waals surface area contributed by atoms with Crippen LogP contribution in [0.3, 0.4) is 0 Å². The lowest BCUT2D eigenvalue weighted by molar-refractivity contribution is 0.488. The van der Waals surface area contributed by atoms with Gasteiger partial charge in [0.2, 0.25) is 0 Å². The quantitative estimate of drug-likeness (QED) is 0.645. The Kier molecular flexibility index (Phi) is 4.87. The predicted octanol–water partition coefficient (Wildman–Crippen LogP) is 2.61. The molecule has 0 aromatic carbocycles.